The van der Waals surface area contributed by atoms with Gasteiger partial charge in [0.2, 0.25) is 10.0 Å². The van der Waals surface area contributed by atoms with Crippen LogP contribution in [0.3, 0.4) is 0 Å². The van der Waals surface area contributed by atoms with E-state index in [1.165, 1.54) is 12.1 Å². The van der Waals surface area contributed by atoms with Crippen molar-refractivity contribution in [2.45, 2.75) is 0 Å². The van der Waals surface area contributed by atoms with E-state index >= 15 is 0 Å². The fourth-order valence-corrected chi connectivity index (χ4v) is 2.64. The molecule has 0 aliphatic rings. The average Bonchev–Trinajstić information content (AvgIpc) is 2.80. The lowest BCUT2D eigenvalue weighted by Crippen LogP contribution is -2.10. The SMILES string of the molecule is CS(=O)(=O)Nc1ccc(-c2c[nH]c3cc(F)ccc23)cn1. The van der Waals surface area contributed by atoms with Crippen molar-refractivity contribution in [3.8, 4) is 11.1 Å². The van der Waals surface area contributed by atoms with Gasteiger partial charge in [-0.15, -0.1) is 0 Å². The summed E-state index contributed by atoms with van der Waals surface area (Å²) in [5.74, 6) is -0.0474. The molecule has 0 saturated carbocycles. The second-order valence-corrected chi connectivity index (χ2v) is 6.45. The van der Waals surface area contributed by atoms with Crippen LogP contribution in [-0.4, -0.2) is 24.6 Å². The number of aromatic nitrogens is 2. The van der Waals surface area contributed by atoms with Crippen LogP contribution >= 0.6 is 0 Å². The van der Waals surface area contributed by atoms with Crippen molar-refractivity contribution in [3.05, 3.63) is 48.5 Å². The van der Waals surface area contributed by atoms with Crippen LogP contribution in [0.25, 0.3) is 22.0 Å². The van der Waals surface area contributed by atoms with Crippen LogP contribution in [0.2, 0.25) is 0 Å². The number of H-pyrrole nitrogens is 1. The van der Waals surface area contributed by atoms with Crippen molar-refractivity contribution in [2.75, 3.05) is 11.0 Å². The Bertz CT molecular complexity index is 902. The monoisotopic (exact) mass is 305 g/mol. The van der Waals surface area contributed by atoms with Crippen LogP contribution in [0.4, 0.5) is 10.2 Å². The molecule has 0 unspecified atom stereocenters. The molecule has 21 heavy (non-hydrogen) atoms. The maximum Gasteiger partial charge on any atom is 0.230 e. The van der Waals surface area contributed by atoms with Gasteiger partial charge in [0, 0.05) is 34.4 Å². The summed E-state index contributed by atoms with van der Waals surface area (Å²) in [5, 5.41) is 0.877. The first-order valence-electron chi connectivity index (χ1n) is 6.13. The highest BCUT2D eigenvalue weighted by molar-refractivity contribution is 7.92. The minimum absolute atomic E-state index is 0.257. The van der Waals surface area contributed by atoms with E-state index in [9.17, 15) is 12.8 Å². The van der Waals surface area contributed by atoms with E-state index in [-0.39, 0.29) is 11.6 Å². The zero-order valence-electron chi connectivity index (χ0n) is 11.1. The summed E-state index contributed by atoms with van der Waals surface area (Å²) in [6, 6.07) is 7.85. The van der Waals surface area contributed by atoms with Gasteiger partial charge < -0.3 is 4.98 Å². The van der Waals surface area contributed by atoms with Gasteiger partial charge in [-0.2, -0.15) is 0 Å². The molecule has 2 aromatic heterocycles. The lowest BCUT2D eigenvalue weighted by Gasteiger charge is -2.04. The Balaban J connectivity index is 1.99. The Hall–Kier alpha value is -2.41. The predicted molar refractivity (Wildman–Crippen MR) is 80.0 cm³/mol. The van der Waals surface area contributed by atoms with Crippen molar-refractivity contribution in [1.82, 2.24) is 9.97 Å². The number of aromatic amines is 1. The third-order valence-corrected chi connectivity index (χ3v) is 3.59. The Kier molecular flexibility index (Phi) is 3.13. The number of nitrogens with zero attached hydrogens (tertiary/aromatic N) is 1. The first kappa shape index (κ1) is 13.6. The molecule has 3 rings (SSSR count). The molecule has 0 atom stereocenters. The standard InChI is InChI=1S/C14H12FN3O2S/c1-21(19,20)18-14-5-2-9(7-17-14)12-8-16-13-6-10(15)3-4-11(12)13/h2-8,16H,1H3,(H,17,18). The number of pyridine rings is 1. The topological polar surface area (TPSA) is 74.8 Å². The molecule has 7 heteroatoms. The van der Waals surface area contributed by atoms with Gasteiger partial charge in [0.05, 0.1) is 6.26 Å². The molecule has 2 N–H and O–H groups in total. The molecule has 2 heterocycles. The summed E-state index contributed by atoms with van der Waals surface area (Å²) in [6.45, 7) is 0. The lowest BCUT2D eigenvalue weighted by molar-refractivity contribution is 0.606. The number of hydrogen-bond acceptors (Lipinski definition) is 3. The number of anilines is 1. The molecule has 1 aromatic carbocycles. The molecule has 108 valence electrons. The van der Waals surface area contributed by atoms with Gasteiger partial charge in [0.15, 0.2) is 0 Å². The molecule has 5 nitrogen and oxygen atoms in total. The molecule has 0 aliphatic carbocycles. The van der Waals surface area contributed by atoms with Crippen LogP contribution in [0, 0.1) is 5.82 Å². The lowest BCUT2D eigenvalue weighted by atomic mass is 10.1. The first-order chi connectivity index (χ1) is 9.92. The molecule has 0 fully saturated rings. The summed E-state index contributed by atoms with van der Waals surface area (Å²) in [4.78, 5) is 7.07. The second-order valence-electron chi connectivity index (χ2n) is 4.70. The maximum absolute atomic E-state index is 13.2. The molecule has 0 bridgehead atoms. The number of hydrogen-bond donors (Lipinski definition) is 2. The smallest absolute Gasteiger partial charge is 0.230 e. The van der Waals surface area contributed by atoms with Crippen molar-refractivity contribution in [2.24, 2.45) is 0 Å². The summed E-state index contributed by atoms with van der Waals surface area (Å²) in [5.41, 5.74) is 2.39. The van der Waals surface area contributed by atoms with Gasteiger partial charge in [0.25, 0.3) is 0 Å². The van der Waals surface area contributed by atoms with Crippen LogP contribution < -0.4 is 4.72 Å². The summed E-state index contributed by atoms with van der Waals surface area (Å²) < 4.78 is 37.7. The van der Waals surface area contributed by atoms with Crippen molar-refractivity contribution in [3.63, 3.8) is 0 Å². The van der Waals surface area contributed by atoms with E-state index in [0.29, 0.717) is 5.52 Å². The molecule has 0 amide bonds. The van der Waals surface area contributed by atoms with E-state index in [4.69, 9.17) is 0 Å². The van der Waals surface area contributed by atoms with Crippen LogP contribution in [0.15, 0.2) is 42.7 Å². The van der Waals surface area contributed by atoms with Gasteiger partial charge in [-0.1, -0.05) is 0 Å². The highest BCUT2D eigenvalue weighted by Gasteiger charge is 2.08. The maximum atomic E-state index is 13.2. The van der Waals surface area contributed by atoms with Crippen molar-refractivity contribution >= 4 is 26.7 Å². The second kappa shape index (κ2) is 4.85. The van der Waals surface area contributed by atoms with E-state index < -0.39 is 10.0 Å². The van der Waals surface area contributed by atoms with Crippen molar-refractivity contribution < 1.29 is 12.8 Å². The van der Waals surface area contributed by atoms with Gasteiger partial charge in [0.1, 0.15) is 11.6 Å². The summed E-state index contributed by atoms with van der Waals surface area (Å²) in [7, 11) is -3.34. The molecular formula is C14H12FN3O2S. The predicted octanol–water partition coefficient (Wildman–Crippen LogP) is 2.74. The molecule has 0 spiro atoms. The number of halogens is 1. The Morgan fingerprint density at radius 3 is 2.71 bits per heavy atom. The highest BCUT2D eigenvalue weighted by Crippen LogP contribution is 2.29. The Morgan fingerprint density at radius 2 is 2.05 bits per heavy atom. The quantitative estimate of drug-likeness (QED) is 0.781. The third kappa shape index (κ3) is 2.87. The van der Waals surface area contributed by atoms with Crippen LogP contribution in [-0.2, 0) is 10.0 Å². The van der Waals surface area contributed by atoms with E-state index in [0.717, 1.165) is 22.8 Å². The van der Waals surface area contributed by atoms with Crippen molar-refractivity contribution in [1.29, 1.82) is 0 Å². The van der Waals surface area contributed by atoms with E-state index in [2.05, 4.69) is 14.7 Å². The van der Waals surface area contributed by atoms with Gasteiger partial charge >= 0.3 is 0 Å². The van der Waals surface area contributed by atoms with E-state index in [1.807, 2.05) is 0 Å². The molecular weight excluding hydrogens is 293 g/mol. The Morgan fingerprint density at radius 1 is 1.24 bits per heavy atom. The van der Waals surface area contributed by atoms with E-state index in [1.54, 1.807) is 30.6 Å². The fraction of sp³-hybridized carbons (Fsp3) is 0.0714. The third-order valence-electron chi connectivity index (χ3n) is 3.01. The van der Waals surface area contributed by atoms with Gasteiger partial charge in [-0.25, -0.2) is 17.8 Å². The van der Waals surface area contributed by atoms with Crippen LogP contribution in [0.1, 0.15) is 0 Å². The summed E-state index contributed by atoms with van der Waals surface area (Å²) in [6.07, 6.45) is 4.40. The average molecular weight is 305 g/mol. The zero-order chi connectivity index (χ0) is 15.0. The Labute approximate surface area is 120 Å². The van der Waals surface area contributed by atoms with Gasteiger partial charge in [-0.05, 0) is 30.3 Å². The normalized spacial score (nSPS) is 11.7. The number of fused-ring (bicyclic) bond motifs is 1. The number of rotatable bonds is 3. The number of benzene rings is 1. The van der Waals surface area contributed by atoms with Crippen LogP contribution in [0.5, 0.6) is 0 Å². The molecule has 0 radical (unpaired) electrons. The molecule has 3 aromatic rings. The summed E-state index contributed by atoms with van der Waals surface area (Å²) >= 11 is 0. The minimum atomic E-state index is -3.34. The zero-order valence-corrected chi connectivity index (χ0v) is 11.9. The first-order valence-corrected chi connectivity index (χ1v) is 8.02. The molecule has 0 saturated heterocycles. The van der Waals surface area contributed by atoms with Gasteiger partial charge in [-0.3, -0.25) is 4.72 Å². The minimum Gasteiger partial charge on any atom is -0.360 e. The number of nitrogens with one attached hydrogen (secondary N) is 2. The highest BCUT2D eigenvalue weighted by atomic mass is 32.2. The largest absolute Gasteiger partial charge is 0.360 e. The molecule has 0 aliphatic heterocycles. The number of sulfonamides is 1. The fourth-order valence-electron chi connectivity index (χ4n) is 2.14.